The van der Waals surface area contributed by atoms with Gasteiger partial charge in [-0.05, 0) is 30.3 Å². The van der Waals surface area contributed by atoms with Crippen LogP contribution in [-0.2, 0) is 10.0 Å². The predicted octanol–water partition coefficient (Wildman–Crippen LogP) is 1.31. The topological polar surface area (TPSA) is 105 Å². The maximum atomic E-state index is 12.6. The van der Waals surface area contributed by atoms with Crippen molar-refractivity contribution in [3.8, 4) is 5.75 Å². The fourth-order valence-electron chi connectivity index (χ4n) is 1.35. The molecule has 0 aliphatic heterocycles. The summed E-state index contributed by atoms with van der Waals surface area (Å²) in [5.74, 6) is -0.917. The monoisotopic (exact) mass is 283 g/mol. The molecule has 0 atom stereocenters. The Kier molecular flexibility index (Phi) is 3.26. The molecule has 0 spiro atoms. The summed E-state index contributed by atoms with van der Waals surface area (Å²) in [6, 6.07) is 5.76. The third-order valence-corrected chi connectivity index (χ3v) is 3.67. The summed E-state index contributed by atoms with van der Waals surface area (Å²) in [4.78, 5) is 3.21. The first kappa shape index (κ1) is 13.1. The molecule has 2 aromatic rings. The number of anilines is 2. The number of hydrogen-bond donors (Lipinski definition) is 3. The van der Waals surface area contributed by atoms with Crippen LogP contribution in [0.5, 0.6) is 5.75 Å². The maximum absolute atomic E-state index is 12.6. The van der Waals surface area contributed by atoms with Crippen molar-refractivity contribution in [2.45, 2.75) is 4.90 Å². The van der Waals surface area contributed by atoms with Crippen molar-refractivity contribution < 1.29 is 17.9 Å². The molecule has 1 aromatic carbocycles. The minimum Gasteiger partial charge on any atom is -0.506 e. The lowest BCUT2D eigenvalue weighted by atomic mass is 10.3. The molecule has 0 saturated heterocycles. The van der Waals surface area contributed by atoms with Crippen LogP contribution in [0.3, 0.4) is 0 Å². The van der Waals surface area contributed by atoms with Crippen molar-refractivity contribution in [1.82, 2.24) is 4.98 Å². The van der Waals surface area contributed by atoms with Crippen LogP contribution >= 0.6 is 0 Å². The van der Waals surface area contributed by atoms with E-state index in [4.69, 9.17) is 5.73 Å². The first-order valence-corrected chi connectivity index (χ1v) is 6.60. The molecule has 2 rings (SSSR count). The molecular formula is C11H10FN3O3S. The second kappa shape index (κ2) is 4.73. The van der Waals surface area contributed by atoms with Gasteiger partial charge in [0.25, 0.3) is 10.0 Å². The van der Waals surface area contributed by atoms with Crippen LogP contribution in [0.4, 0.5) is 15.8 Å². The molecule has 0 aliphatic rings. The molecule has 0 saturated carbocycles. The van der Waals surface area contributed by atoms with E-state index in [0.29, 0.717) is 0 Å². The molecule has 0 bridgehead atoms. The van der Waals surface area contributed by atoms with E-state index in [2.05, 4.69) is 9.71 Å². The molecule has 1 heterocycles. The smallest absolute Gasteiger partial charge is 0.262 e. The lowest BCUT2D eigenvalue weighted by Gasteiger charge is -2.08. The van der Waals surface area contributed by atoms with Gasteiger partial charge in [-0.3, -0.25) is 4.72 Å². The van der Waals surface area contributed by atoms with E-state index in [0.717, 1.165) is 18.3 Å². The number of phenolic OH excluding ortho intramolecular Hbond substituents is 1. The fraction of sp³-hybridized carbons (Fsp3) is 0. The van der Waals surface area contributed by atoms with E-state index in [9.17, 15) is 17.9 Å². The van der Waals surface area contributed by atoms with Crippen LogP contribution in [0.25, 0.3) is 0 Å². The van der Waals surface area contributed by atoms with E-state index in [1.54, 1.807) is 0 Å². The normalized spacial score (nSPS) is 11.2. The molecule has 100 valence electrons. The Hall–Kier alpha value is -2.35. The molecule has 8 heteroatoms. The summed E-state index contributed by atoms with van der Waals surface area (Å²) >= 11 is 0. The van der Waals surface area contributed by atoms with Gasteiger partial charge >= 0.3 is 0 Å². The number of hydrogen-bond acceptors (Lipinski definition) is 5. The summed E-state index contributed by atoms with van der Waals surface area (Å²) < 4.78 is 38.8. The zero-order chi connectivity index (χ0) is 14.0. The van der Waals surface area contributed by atoms with Gasteiger partial charge in [-0.1, -0.05) is 0 Å². The molecule has 4 N–H and O–H groups in total. The number of aromatic hydroxyl groups is 1. The Balaban J connectivity index is 2.32. The molecule has 0 aliphatic carbocycles. The number of sulfonamides is 1. The summed E-state index contributed by atoms with van der Waals surface area (Å²) in [5, 5.41) is 9.24. The zero-order valence-corrected chi connectivity index (χ0v) is 10.4. The highest BCUT2D eigenvalue weighted by Crippen LogP contribution is 2.24. The number of nitrogens with two attached hydrogens (primary N) is 1. The van der Waals surface area contributed by atoms with Gasteiger partial charge in [0.1, 0.15) is 5.75 Å². The number of halogens is 1. The quantitative estimate of drug-likeness (QED) is 0.447. The SMILES string of the molecule is Nc1cc(S(=O)(=O)Nc2ccc(F)nc2)ccc1O. The van der Waals surface area contributed by atoms with Crippen LogP contribution in [0.15, 0.2) is 41.4 Å². The van der Waals surface area contributed by atoms with Crippen molar-refractivity contribution >= 4 is 21.4 Å². The Morgan fingerprint density at radius 2 is 2.00 bits per heavy atom. The van der Waals surface area contributed by atoms with Gasteiger partial charge in [-0.15, -0.1) is 0 Å². The third kappa shape index (κ3) is 2.91. The van der Waals surface area contributed by atoms with Gasteiger partial charge in [0.15, 0.2) is 0 Å². The van der Waals surface area contributed by atoms with Crippen LogP contribution in [0, 0.1) is 5.95 Å². The Morgan fingerprint density at radius 1 is 1.26 bits per heavy atom. The summed E-state index contributed by atoms with van der Waals surface area (Å²) in [5.41, 5.74) is 5.49. The van der Waals surface area contributed by atoms with E-state index in [-0.39, 0.29) is 22.0 Å². The van der Waals surface area contributed by atoms with Crippen LogP contribution < -0.4 is 10.5 Å². The van der Waals surface area contributed by atoms with Gasteiger partial charge in [0, 0.05) is 0 Å². The molecule has 0 unspecified atom stereocenters. The molecular weight excluding hydrogens is 273 g/mol. The van der Waals surface area contributed by atoms with Gasteiger partial charge in [0.05, 0.1) is 22.5 Å². The number of nitrogen functional groups attached to an aromatic ring is 1. The summed E-state index contributed by atoms with van der Waals surface area (Å²) in [6.07, 6.45) is 1.05. The predicted molar refractivity (Wildman–Crippen MR) is 67.5 cm³/mol. The van der Waals surface area contributed by atoms with E-state index >= 15 is 0 Å². The number of pyridine rings is 1. The number of aromatic nitrogens is 1. The van der Waals surface area contributed by atoms with Crippen molar-refractivity contribution in [3.05, 3.63) is 42.5 Å². The average molecular weight is 283 g/mol. The van der Waals surface area contributed by atoms with Gasteiger partial charge < -0.3 is 10.8 Å². The second-order valence-corrected chi connectivity index (χ2v) is 5.38. The minimum absolute atomic E-state index is 0.0555. The van der Waals surface area contributed by atoms with Crippen LogP contribution in [0.2, 0.25) is 0 Å². The van der Waals surface area contributed by atoms with Crippen molar-refractivity contribution in [2.24, 2.45) is 0 Å². The number of benzene rings is 1. The Bertz CT molecular complexity index is 702. The molecule has 19 heavy (non-hydrogen) atoms. The van der Waals surface area contributed by atoms with Crippen molar-refractivity contribution in [3.63, 3.8) is 0 Å². The maximum Gasteiger partial charge on any atom is 0.262 e. The average Bonchev–Trinajstić information content (AvgIpc) is 2.35. The van der Waals surface area contributed by atoms with E-state index in [1.165, 1.54) is 18.2 Å². The largest absolute Gasteiger partial charge is 0.506 e. The van der Waals surface area contributed by atoms with Gasteiger partial charge in [-0.25, -0.2) is 13.4 Å². The van der Waals surface area contributed by atoms with Crippen LogP contribution in [-0.4, -0.2) is 18.5 Å². The summed E-state index contributed by atoms with van der Waals surface area (Å²) in [6.45, 7) is 0. The molecule has 0 fully saturated rings. The fourth-order valence-corrected chi connectivity index (χ4v) is 2.43. The van der Waals surface area contributed by atoms with Crippen LogP contribution in [0.1, 0.15) is 0 Å². The van der Waals surface area contributed by atoms with E-state index < -0.39 is 16.0 Å². The number of nitrogens with zero attached hydrogens (tertiary/aromatic N) is 1. The lowest BCUT2D eigenvalue weighted by molar-refractivity contribution is 0.477. The Morgan fingerprint density at radius 3 is 2.58 bits per heavy atom. The lowest BCUT2D eigenvalue weighted by Crippen LogP contribution is -2.13. The molecule has 1 aromatic heterocycles. The van der Waals surface area contributed by atoms with Gasteiger partial charge in [0.2, 0.25) is 5.95 Å². The van der Waals surface area contributed by atoms with E-state index in [1.807, 2.05) is 0 Å². The zero-order valence-electron chi connectivity index (χ0n) is 9.54. The highest BCUT2D eigenvalue weighted by molar-refractivity contribution is 7.92. The summed E-state index contributed by atoms with van der Waals surface area (Å²) in [7, 11) is -3.87. The van der Waals surface area contributed by atoms with Crippen molar-refractivity contribution in [1.29, 1.82) is 0 Å². The van der Waals surface area contributed by atoms with Crippen molar-refractivity contribution in [2.75, 3.05) is 10.5 Å². The highest BCUT2D eigenvalue weighted by atomic mass is 32.2. The standard InChI is InChI=1S/C11H10FN3O3S/c12-11-4-1-7(6-14-11)15-19(17,18)8-2-3-10(16)9(13)5-8/h1-6,15-16H,13H2. The molecule has 6 nitrogen and oxygen atoms in total. The number of nitrogens with one attached hydrogen (secondary N) is 1. The second-order valence-electron chi connectivity index (χ2n) is 3.70. The first-order valence-electron chi connectivity index (χ1n) is 5.11. The van der Waals surface area contributed by atoms with Gasteiger partial charge in [-0.2, -0.15) is 4.39 Å². The Labute approximate surface area is 108 Å². The minimum atomic E-state index is -3.87. The number of phenols is 1. The molecule has 0 amide bonds. The highest BCUT2D eigenvalue weighted by Gasteiger charge is 2.15. The molecule has 0 radical (unpaired) electrons. The number of rotatable bonds is 3. The first-order chi connectivity index (χ1) is 8.88. The third-order valence-electron chi connectivity index (χ3n) is 2.29.